The molecule has 0 spiro atoms. The molecule has 3 aliphatic rings. The van der Waals surface area contributed by atoms with Crippen molar-refractivity contribution in [3.63, 3.8) is 0 Å². The zero-order valence-electron chi connectivity index (χ0n) is 4.84. The standard InChI is InChI=1S/C6H10NS/c1-3-7-4-2-6(1)5-8-7/h5-6H,1-4H2. The molecular weight excluding hydrogens is 118 g/mol. The van der Waals surface area contributed by atoms with E-state index in [1.807, 2.05) is 11.9 Å². The lowest BCUT2D eigenvalue weighted by molar-refractivity contribution is 0.305. The maximum atomic E-state index is 2.44. The summed E-state index contributed by atoms with van der Waals surface area (Å²) < 4.78 is 2.44. The van der Waals surface area contributed by atoms with Crippen LogP contribution in [-0.4, -0.2) is 17.4 Å². The molecule has 2 bridgehead atoms. The van der Waals surface area contributed by atoms with Crippen LogP contribution in [0.25, 0.3) is 0 Å². The van der Waals surface area contributed by atoms with Gasteiger partial charge in [0.05, 0.1) is 0 Å². The summed E-state index contributed by atoms with van der Waals surface area (Å²) in [4.78, 5) is 0. The first-order chi connectivity index (χ1) is 3.95. The van der Waals surface area contributed by atoms with Crippen molar-refractivity contribution >= 4 is 11.9 Å². The van der Waals surface area contributed by atoms with E-state index >= 15 is 0 Å². The second kappa shape index (κ2) is 1.92. The van der Waals surface area contributed by atoms with Crippen molar-refractivity contribution in [2.24, 2.45) is 5.92 Å². The smallest absolute Gasteiger partial charge is 0.0358 e. The van der Waals surface area contributed by atoms with Crippen LogP contribution in [0, 0.1) is 11.7 Å². The highest BCUT2D eigenvalue weighted by atomic mass is 32.2. The van der Waals surface area contributed by atoms with Crippen LogP contribution < -0.4 is 0 Å². The Kier molecular flexibility index (Phi) is 1.23. The summed E-state index contributed by atoms with van der Waals surface area (Å²) in [6, 6.07) is 0. The first-order valence-electron chi connectivity index (χ1n) is 3.20. The van der Waals surface area contributed by atoms with E-state index in [9.17, 15) is 0 Å². The summed E-state index contributed by atoms with van der Waals surface area (Å²) in [6.45, 7) is 2.65. The topological polar surface area (TPSA) is 3.24 Å². The van der Waals surface area contributed by atoms with Crippen LogP contribution in [0.2, 0.25) is 0 Å². The van der Waals surface area contributed by atoms with Crippen LogP contribution >= 0.6 is 11.9 Å². The lowest BCUT2D eigenvalue weighted by atomic mass is 10.0. The number of fused-ring (bicyclic) bond motifs is 3. The minimum absolute atomic E-state index is 0.949. The first kappa shape index (κ1) is 5.12. The van der Waals surface area contributed by atoms with Gasteiger partial charge in [0.2, 0.25) is 0 Å². The molecule has 3 fully saturated rings. The molecule has 0 amide bonds. The van der Waals surface area contributed by atoms with Gasteiger partial charge < -0.3 is 0 Å². The van der Waals surface area contributed by atoms with Crippen molar-refractivity contribution in [3.8, 4) is 0 Å². The highest BCUT2D eigenvalue weighted by Gasteiger charge is 2.25. The summed E-state index contributed by atoms with van der Waals surface area (Å²) in [5.74, 6) is 3.33. The van der Waals surface area contributed by atoms with Crippen molar-refractivity contribution in [1.82, 2.24) is 4.31 Å². The van der Waals surface area contributed by atoms with E-state index in [0.29, 0.717) is 0 Å². The summed E-state index contributed by atoms with van der Waals surface area (Å²) in [7, 11) is 0. The molecule has 45 valence electrons. The lowest BCUT2D eigenvalue weighted by Crippen LogP contribution is -2.33. The van der Waals surface area contributed by atoms with Crippen molar-refractivity contribution in [2.75, 3.05) is 13.1 Å². The predicted molar refractivity (Wildman–Crippen MR) is 36.2 cm³/mol. The van der Waals surface area contributed by atoms with Gasteiger partial charge >= 0.3 is 0 Å². The molecule has 0 aromatic heterocycles. The van der Waals surface area contributed by atoms with Gasteiger partial charge in [0.15, 0.2) is 0 Å². The van der Waals surface area contributed by atoms with Crippen molar-refractivity contribution in [1.29, 1.82) is 0 Å². The molecule has 0 aromatic rings. The quantitative estimate of drug-likeness (QED) is 0.455. The van der Waals surface area contributed by atoms with Crippen LogP contribution in [0.1, 0.15) is 12.8 Å². The normalized spacial score (nSPS) is 45.0. The van der Waals surface area contributed by atoms with Gasteiger partial charge in [0, 0.05) is 18.8 Å². The third-order valence-electron chi connectivity index (χ3n) is 1.90. The lowest BCUT2D eigenvalue weighted by Gasteiger charge is -2.37. The average molecular weight is 128 g/mol. The number of nitrogens with zero attached hydrogens (tertiary/aromatic N) is 1. The highest BCUT2D eigenvalue weighted by Crippen LogP contribution is 2.36. The Balaban J connectivity index is 2.03. The molecule has 1 radical (unpaired) electrons. The Morgan fingerprint density at radius 2 is 2.12 bits per heavy atom. The van der Waals surface area contributed by atoms with E-state index in [1.54, 1.807) is 0 Å². The second-order valence-corrected chi connectivity index (χ2v) is 3.51. The zero-order chi connectivity index (χ0) is 5.40. The Labute approximate surface area is 54.6 Å². The van der Waals surface area contributed by atoms with Gasteiger partial charge in [-0.15, -0.1) is 0 Å². The fourth-order valence-corrected chi connectivity index (χ4v) is 2.33. The number of hydrogen-bond acceptors (Lipinski definition) is 2. The molecule has 0 aromatic carbocycles. The summed E-state index contributed by atoms with van der Waals surface area (Å²) in [6.07, 6.45) is 2.82. The molecule has 0 aliphatic carbocycles. The van der Waals surface area contributed by atoms with E-state index in [1.165, 1.54) is 25.9 Å². The number of piperidine rings is 1. The molecule has 0 atom stereocenters. The molecule has 3 rings (SSSR count). The molecule has 3 saturated heterocycles. The van der Waals surface area contributed by atoms with Gasteiger partial charge in [-0.25, -0.2) is 0 Å². The molecule has 0 unspecified atom stereocenters. The van der Waals surface area contributed by atoms with Crippen molar-refractivity contribution in [2.45, 2.75) is 12.8 Å². The molecule has 3 aliphatic heterocycles. The Bertz CT molecular complexity index is 63.5. The SMILES string of the molecule is [CH]1SN2CCC1CC2. The Morgan fingerprint density at radius 1 is 1.38 bits per heavy atom. The maximum Gasteiger partial charge on any atom is 0.0358 e. The fourth-order valence-electron chi connectivity index (χ4n) is 1.29. The van der Waals surface area contributed by atoms with Crippen molar-refractivity contribution < 1.29 is 0 Å². The minimum Gasteiger partial charge on any atom is -0.250 e. The van der Waals surface area contributed by atoms with Gasteiger partial charge in [0.1, 0.15) is 0 Å². The van der Waals surface area contributed by atoms with Crippen LogP contribution in [0.15, 0.2) is 0 Å². The van der Waals surface area contributed by atoms with Gasteiger partial charge in [-0.3, -0.25) is 4.31 Å². The molecular formula is C6H10NS. The maximum absolute atomic E-state index is 2.44. The molecule has 0 N–H and O–H groups in total. The second-order valence-electron chi connectivity index (χ2n) is 2.51. The van der Waals surface area contributed by atoms with Gasteiger partial charge in [-0.1, -0.05) is 11.9 Å². The van der Waals surface area contributed by atoms with Crippen molar-refractivity contribution in [3.05, 3.63) is 5.75 Å². The van der Waals surface area contributed by atoms with Crippen LogP contribution in [0.4, 0.5) is 0 Å². The van der Waals surface area contributed by atoms with E-state index in [2.05, 4.69) is 10.1 Å². The van der Waals surface area contributed by atoms with Crippen LogP contribution in [0.5, 0.6) is 0 Å². The average Bonchev–Trinajstić information content (AvgIpc) is 1.92. The monoisotopic (exact) mass is 128 g/mol. The molecule has 8 heavy (non-hydrogen) atoms. The number of hydrogen-bond donors (Lipinski definition) is 0. The molecule has 3 heterocycles. The highest BCUT2D eigenvalue weighted by molar-refractivity contribution is 7.99. The molecule has 0 saturated carbocycles. The third-order valence-corrected chi connectivity index (χ3v) is 3.07. The van der Waals surface area contributed by atoms with Crippen LogP contribution in [0.3, 0.4) is 0 Å². The molecule has 1 nitrogen and oxygen atoms in total. The van der Waals surface area contributed by atoms with E-state index < -0.39 is 0 Å². The molecule has 2 heteroatoms. The minimum atomic E-state index is 0.949. The Hall–Kier alpha value is 0.310. The predicted octanol–water partition coefficient (Wildman–Crippen LogP) is 1.52. The first-order valence-corrected chi connectivity index (χ1v) is 4.04. The number of rotatable bonds is 0. The zero-order valence-corrected chi connectivity index (χ0v) is 5.66. The Morgan fingerprint density at radius 3 is 2.25 bits per heavy atom. The van der Waals surface area contributed by atoms with Gasteiger partial charge in [-0.2, -0.15) is 0 Å². The van der Waals surface area contributed by atoms with Crippen LogP contribution in [-0.2, 0) is 0 Å². The van der Waals surface area contributed by atoms with Gasteiger partial charge in [-0.05, 0) is 18.8 Å². The van der Waals surface area contributed by atoms with E-state index in [0.717, 1.165) is 5.92 Å². The summed E-state index contributed by atoms with van der Waals surface area (Å²) >= 11 is 1.92. The summed E-state index contributed by atoms with van der Waals surface area (Å²) in [5.41, 5.74) is 0. The van der Waals surface area contributed by atoms with E-state index in [4.69, 9.17) is 0 Å². The summed E-state index contributed by atoms with van der Waals surface area (Å²) in [5, 5.41) is 0. The third kappa shape index (κ3) is 0.759. The van der Waals surface area contributed by atoms with E-state index in [-0.39, 0.29) is 0 Å². The largest absolute Gasteiger partial charge is 0.250 e. The van der Waals surface area contributed by atoms with Gasteiger partial charge in [0.25, 0.3) is 0 Å². The fraction of sp³-hybridized carbons (Fsp3) is 0.833.